The number of hydrogen-bond acceptors (Lipinski definition) is 3. The molecule has 0 aliphatic rings. The highest BCUT2D eigenvalue weighted by molar-refractivity contribution is 7.80. The molecule has 0 heterocycles. The summed E-state index contributed by atoms with van der Waals surface area (Å²) < 4.78 is 0. The SMILES string of the molecule is Cc1ccc(C(N)=S)c(N(CCO)C(C)C)c1. The molecule has 0 saturated carbocycles. The van der Waals surface area contributed by atoms with Crippen molar-refractivity contribution in [1.82, 2.24) is 0 Å². The van der Waals surface area contributed by atoms with Crippen LogP contribution in [0.5, 0.6) is 0 Å². The molecule has 0 saturated heterocycles. The van der Waals surface area contributed by atoms with Crippen molar-refractivity contribution in [2.45, 2.75) is 26.8 Å². The average molecular weight is 252 g/mol. The van der Waals surface area contributed by atoms with Gasteiger partial charge in [0.1, 0.15) is 4.99 Å². The molecular formula is C13H20N2OS. The van der Waals surface area contributed by atoms with Gasteiger partial charge in [-0.05, 0) is 38.5 Å². The Kier molecular flexibility index (Phi) is 4.90. The van der Waals surface area contributed by atoms with Gasteiger partial charge in [-0.25, -0.2) is 0 Å². The number of anilines is 1. The van der Waals surface area contributed by atoms with Crippen LogP contribution in [0.15, 0.2) is 18.2 Å². The summed E-state index contributed by atoms with van der Waals surface area (Å²) in [7, 11) is 0. The van der Waals surface area contributed by atoms with Gasteiger partial charge < -0.3 is 15.7 Å². The molecule has 0 aliphatic heterocycles. The first-order chi connectivity index (χ1) is 7.97. The minimum atomic E-state index is 0.114. The maximum atomic E-state index is 9.14. The first kappa shape index (κ1) is 13.9. The molecule has 0 unspecified atom stereocenters. The summed E-state index contributed by atoms with van der Waals surface area (Å²) in [5.74, 6) is 0. The Morgan fingerprint density at radius 3 is 2.59 bits per heavy atom. The van der Waals surface area contributed by atoms with E-state index in [1.54, 1.807) is 0 Å². The molecule has 0 amide bonds. The maximum absolute atomic E-state index is 9.14. The van der Waals surface area contributed by atoms with Gasteiger partial charge in [-0.3, -0.25) is 0 Å². The second kappa shape index (κ2) is 5.98. The van der Waals surface area contributed by atoms with E-state index in [2.05, 4.69) is 24.8 Å². The van der Waals surface area contributed by atoms with Gasteiger partial charge in [0.25, 0.3) is 0 Å². The Balaban J connectivity index is 3.24. The number of nitrogens with two attached hydrogens (primary N) is 1. The molecule has 1 aromatic rings. The lowest BCUT2D eigenvalue weighted by Gasteiger charge is -2.30. The van der Waals surface area contributed by atoms with Crippen LogP contribution in [-0.4, -0.2) is 29.3 Å². The van der Waals surface area contributed by atoms with E-state index in [0.717, 1.165) is 16.8 Å². The Bertz CT molecular complexity index is 404. The van der Waals surface area contributed by atoms with Crippen LogP contribution >= 0.6 is 12.2 Å². The molecule has 0 fully saturated rings. The Hall–Kier alpha value is -1.13. The first-order valence-corrected chi connectivity index (χ1v) is 6.16. The quantitative estimate of drug-likeness (QED) is 0.785. The monoisotopic (exact) mass is 252 g/mol. The van der Waals surface area contributed by atoms with E-state index in [1.165, 1.54) is 0 Å². The molecule has 3 nitrogen and oxygen atoms in total. The molecule has 3 N–H and O–H groups in total. The van der Waals surface area contributed by atoms with Crippen LogP contribution in [0.1, 0.15) is 25.0 Å². The predicted octanol–water partition coefficient (Wildman–Crippen LogP) is 1.84. The third-order valence-electron chi connectivity index (χ3n) is 2.69. The zero-order valence-corrected chi connectivity index (χ0v) is 11.4. The number of benzene rings is 1. The van der Waals surface area contributed by atoms with Crippen molar-refractivity contribution >= 4 is 22.9 Å². The predicted molar refractivity (Wildman–Crippen MR) is 76.6 cm³/mol. The van der Waals surface area contributed by atoms with Crippen molar-refractivity contribution < 1.29 is 5.11 Å². The molecule has 0 bridgehead atoms. The van der Waals surface area contributed by atoms with Crippen molar-refractivity contribution in [3.63, 3.8) is 0 Å². The van der Waals surface area contributed by atoms with Gasteiger partial charge >= 0.3 is 0 Å². The Morgan fingerprint density at radius 2 is 2.12 bits per heavy atom. The molecule has 0 aromatic heterocycles. The Morgan fingerprint density at radius 1 is 1.47 bits per heavy atom. The topological polar surface area (TPSA) is 49.5 Å². The van der Waals surface area contributed by atoms with E-state index < -0.39 is 0 Å². The second-order valence-corrected chi connectivity index (χ2v) is 4.84. The van der Waals surface area contributed by atoms with E-state index in [4.69, 9.17) is 23.1 Å². The summed E-state index contributed by atoms with van der Waals surface area (Å²) >= 11 is 5.07. The molecule has 94 valence electrons. The number of thiocarbonyl (C=S) groups is 1. The zero-order chi connectivity index (χ0) is 13.0. The number of aliphatic hydroxyl groups excluding tert-OH is 1. The summed E-state index contributed by atoms with van der Waals surface area (Å²) in [6, 6.07) is 6.29. The molecule has 0 radical (unpaired) electrons. The summed E-state index contributed by atoms with van der Waals surface area (Å²) in [5.41, 5.74) is 8.77. The molecular weight excluding hydrogens is 232 g/mol. The lowest BCUT2D eigenvalue weighted by atomic mass is 10.1. The van der Waals surface area contributed by atoms with Gasteiger partial charge in [0.15, 0.2) is 0 Å². The van der Waals surface area contributed by atoms with Crippen molar-refractivity contribution in [3.8, 4) is 0 Å². The van der Waals surface area contributed by atoms with Crippen molar-refractivity contribution in [3.05, 3.63) is 29.3 Å². The van der Waals surface area contributed by atoms with Crippen molar-refractivity contribution in [2.24, 2.45) is 5.73 Å². The van der Waals surface area contributed by atoms with E-state index >= 15 is 0 Å². The first-order valence-electron chi connectivity index (χ1n) is 5.75. The smallest absolute Gasteiger partial charge is 0.106 e. The number of aliphatic hydroxyl groups is 1. The molecule has 1 aromatic carbocycles. The maximum Gasteiger partial charge on any atom is 0.106 e. The highest BCUT2D eigenvalue weighted by Crippen LogP contribution is 2.24. The van der Waals surface area contributed by atoms with Crippen LogP contribution in [0.2, 0.25) is 0 Å². The highest BCUT2D eigenvalue weighted by Gasteiger charge is 2.15. The molecule has 1 rings (SSSR count). The van der Waals surface area contributed by atoms with Crippen molar-refractivity contribution in [1.29, 1.82) is 0 Å². The lowest BCUT2D eigenvalue weighted by molar-refractivity contribution is 0.299. The number of rotatable bonds is 5. The summed E-state index contributed by atoms with van der Waals surface area (Å²) in [4.78, 5) is 2.50. The summed E-state index contributed by atoms with van der Waals surface area (Å²) in [6.07, 6.45) is 0. The van der Waals surface area contributed by atoms with E-state index in [9.17, 15) is 0 Å². The van der Waals surface area contributed by atoms with Crippen LogP contribution in [0, 0.1) is 6.92 Å². The molecule has 17 heavy (non-hydrogen) atoms. The summed E-state index contributed by atoms with van der Waals surface area (Å²) in [5, 5.41) is 9.14. The molecule has 0 atom stereocenters. The van der Waals surface area contributed by atoms with Crippen LogP contribution in [0.3, 0.4) is 0 Å². The molecule has 0 aliphatic carbocycles. The van der Waals surface area contributed by atoms with Crippen LogP contribution in [0.25, 0.3) is 0 Å². The normalized spacial score (nSPS) is 10.6. The fourth-order valence-corrected chi connectivity index (χ4v) is 2.02. The van der Waals surface area contributed by atoms with Gasteiger partial charge in [0.2, 0.25) is 0 Å². The van der Waals surface area contributed by atoms with E-state index in [0.29, 0.717) is 11.5 Å². The van der Waals surface area contributed by atoms with Gasteiger partial charge in [-0.2, -0.15) is 0 Å². The van der Waals surface area contributed by atoms with E-state index in [1.807, 2.05) is 19.1 Å². The van der Waals surface area contributed by atoms with Gasteiger partial charge in [0, 0.05) is 23.8 Å². The molecule has 0 spiro atoms. The van der Waals surface area contributed by atoms with Gasteiger partial charge in [-0.1, -0.05) is 18.3 Å². The Labute approximate surface area is 108 Å². The standard InChI is InChI=1S/C13H20N2OS/c1-9(2)15(6-7-16)12-8-10(3)4-5-11(12)13(14)17/h4-5,8-9,16H,6-7H2,1-3H3,(H2,14,17). The fourth-order valence-electron chi connectivity index (χ4n) is 1.85. The zero-order valence-electron chi connectivity index (χ0n) is 10.6. The number of aryl methyl sites for hydroxylation is 1. The second-order valence-electron chi connectivity index (χ2n) is 4.40. The van der Waals surface area contributed by atoms with Gasteiger partial charge in [0.05, 0.1) is 6.61 Å². The fraction of sp³-hybridized carbons (Fsp3) is 0.462. The van der Waals surface area contributed by atoms with Crippen LogP contribution < -0.4 is 10.6 Å². The highest BCUT2D eigenvalue weighted by atomic mass is 32.1. The minimum absolute atomic E-state index is 0.114. The lowest BCUT2D eigenvalue weighted by Crippen LogP contribution is -2.35. The molecule has 4 heteroatoms. The number of hydrogen-bond donors (Lipinski definition) is 2. The van der Waals surface area contributed by atoms with Gasteiger partial charge in [-0.15, -0.1) is 0 Å². The number of nitrogens with zero attached hydrogens (tertiary/aromatic N) is 1. The summed E-state index contributed by atoms with van der Waals surface area (Å²) in [6.45, 7) is 6.90. The largest absolute Gasteiger partial charge is 0.395 e. The van der Waals surface area contributed by atoms with Crippen molar-refractivity contribution in [2.75, 3.05) is 18.1 Å². The minimum Gasteiger partial charge on any atom is -0.395 e. The van der Waals surface area contributed by atoms with Crippen LogP contribution in [0.4, 0.5) is 5.69 Å². The van der Waals surface area contributed by atoms with Crippen LogP contribution in [-0.2, 0) is 0 Å². The third kappa shape index (κ3) is 3.41. The average Bonchev–Trinajstić information content (AvgIpc) is 2.24. The van der Waals surface area contributed by atoms with E-state index in [-0.39, 0.29) is 12.6 Å². The third-order valence-corrected chi connectivity index (χ3v) is 2.91.